The summed E-state index contributed by atoms with van der Waals surface area (Å²) in [4.78, 5) is 13.7. The third kappa shape index (κ3) is 3.55. The topological polar surface area (TPSA) is 34.5 Å². The Balaban J connectivity index is 1.71. The van der Waals surface area contributed by atoms with Gasteiger partial charge < -0.3 is 14.2 Å². The van der Waals surface area contributed by atoms with Gasteiger partial charge >= 0.3 is 12.1 Å². The fourth-order valence-corrected chi connectivity index (χ4v) is 3.90. The first kappa shape index (κ1) is 19.6. The molecule has 0 aliphatic carbocycles. The van der Waals surface area contributed by atoms with E-state index in [4.69, 9.17) is 16.3 Å². The number of methoxy groups -OCH3 is 1. The summed E-state index contributed by atoms with van der Waals surface area (Å²) in [5, 5.41) is 0.600. The number of alkyl halides is 3. The van der Waals surface area contributed by atoms with E-state index in [1.54, 1.807) is 10.8 Å². The monoisotopic (exact) mass is 422 g/mol. The van der Waals surface area contributed by atoms with E-state index in [-0.39, 0.29) is 16.9 Å². The molecule has 4 rings (SSSR count). The Kier molecular flexibility index (Phi) is 4.73. The van der Waals surface area contributed by atoms with Crippen LogP contribution in [0.1, 0.15) is 11.1 Å². The molecule has 29 heavy (non-hydrogen) atoms. The average Bonchev–Trinajstić information content (AvgIpc) is 2.95. The van der Waals surface area contributed by atoms with Crippen molar-refractivity contribution in [3.8, 4) is 5.69 Å². The molecule has 0 N–H and O–H groups in total. The first-order valence-corrected chi connectivity index (χ1v) is 9.38. The molecule has 1 fully saturated rings. The molecule has 4 nitrogen and oxygen atoms in total. The molecule has 152 valence electrons. The summed E-state index contributed by atoms with van der Waals surface area (Å²) >= 11 is 6.25. The summed E-state index contributed by atoms with van der Waals surface area (Å²) < 4.78 is 45.7. The number of esters is 1. The second-order valence-electron chi connectivity index (χ2n) is 7.23. The maximum Gasteiger partial charge on any atom is 0.416 e. The van der Waals surface area contributed by atoms with Gasteiger partial charge in [-0.25, -0.2) is 0 Å². The van der Waals surface area contributed by atoms with Crippen molar-refractivity contribution < 1.29 is 22.7 Å². The van der Waals surface area contributed by atoms with Crippen molar-refractivity contribution in [1.82, 2.24) is 4.57 Å². The summed E-state index contributed by atoms with van der Waals surface area (Å²) in [6.45, 7) is 3.08. The number of benzene rings is 2. The minimum absolute atomic E-state index is 0.147. The third-order valence-corrected chi connectivity index (χ3v) is 5.49. The van der Waals surface area contributed by atoms with Gasteiger partial charge in [0.2, 0.25) is 0 Å². The molecule has 0 bridgehead atoms. The highest BCUT2D eigenvalue weighted by molar-refractivity contribution is 6.35. The molecule has 0 atom stereocenters. The van der Waals surface area contributed by atoms with Crippen molar-refractivity contribution in [1.29, 1.82) is 0 Å². The molecule has 1 aromatic heterocycles. The van der Waals surface area contributed by atoms with E-state index >= 15 is 0 Å². The summed E-state index contributed by atoms with van der Waals surface area (Å²) in [5.74, 6) is -0.371. The normalized spacial score (nSPS) is 14.9. The lowest BCUT2D eigenvalue weighted by Gasteiger charge is -2.39. The molecule has 2 aromatic carbocycles. The number of anilines is 1. The number of aryl methyl sites for hydroxylation is 1. The quantitative estimate of drug-likeness (QED) is 0.543. The van der Waals surface area contributed by atoms with E-state index in [9.17, 15) is 18.0 Å². The Morgan fingerprint density at radius 1 is 1.14 bits per heavy atom. The van der Waals surface area contributed by atoms with Crippen molar-refractivity contribution >= 4 is 34.2 Å². The van der Waals surface area contributed by atoms with E-state index in [0.29, 0.717) is 24.0 Å². The predicted molar refractivity (Wildman–Crippen MR) is 106 cm³/mol. The predicted octanol–water partition coefficient (Wildman–Crippen LogP) is 5.22. The van der Waals surface area contributed by atoms with Crippen molar-refractivity contribution in [2.75, 3.05) is 25.1 Å². The standard InChI is InChI=1S/C21H18ClF3N2O2/c1-12-5-15(26-9-13(10-26)20(28)29-2)8-16(6-12)27-11-18(22)17-7-14(21(23,24)25)3-4-19(17)27/h3-8,11,13H,9-10H2,1-2H3. The van der Waals surface area contributed by atoms with Gasteiger partial charge in [-0.05, 0) is 48.9 Å². The summed E-state index contributed by atoms with van der Waals surface area (Å²) in [6, 6.07) is 9.45. The van der Waals surface area contributed by atoms with Crippen LogP contribution in [0.2, 0.25) is 5.02 Å². The van der Waals surface area contributed by atoms with Gasteiger partial charge in [0.1, 0.15) is 0 Å². The second-order valence-corrected chi connectivity index (χ2v) is 7.64. The van der Waals surface area contributed by atoms with Gasteiger partial charge in [0.25, 0.3) is 0 Å². The zero-order valence-corrected chi connectivity index (χ0v) is 16.5. The van der Waals surface area contributed by atoms with Gasteiger partial charge in [0, 0.05) is 36.0 Å². The molecule has 2 heterocycles. The highest BCUT2D eigenvalue weighted by Gasteiger charge is 2.34. The van der Waals surface area contributed by atoms with Crippen molar-refractivity contribution in [2.24, 2.45) is 5.92 Å². The molecule has 0 unspecified atom stereocenters. The fraction of sp³-hybridized carbons (Fsp3) is 0.286. The Morgan fingerprint density at radius 2 is 1.83 bits per heavy atom. The highest BCUT2D eigenvalue weighted by Crippen LogP contribution is 2.36. The summed E-state index contributed by atoms with van der Waals surface area (Å²) in [6.07, 6.45) is -2.80. The summed E-state index contributed by atoms with van der Waals surface area (Å²) in [5.41, 5.74) is 2.58. The minimum Gasteiger partial charge on any atom is -0.469 e. The van der Waals surface area contributed by atoms with E-state index in [1.165, 1.54) is 13.2 Å². The molecule has 3 aromatic rings. The lowest BCUT2D eigenvalue weighted by Crippen LogP contribution is -2.50. The molecule has 1 aliphatic heterocycles. The minimum atomic E-state index is -4.43. The molecule has 0 spiro atoms. The molecule has 0 saturated carbocycles. The van der Waals surface area contributed by atoms with Crippen molar-refractivity contribution in [3.05, 3.63) is 58.7 Å². The zero-order chi connectivity index (χ0) is 20.9. The molecular weight excluding hydrogens is 405 g/mol. The van der Waals surface area contributed by atoms with Gasteiger partial charge in [0.15, 0.2) is 0 Å². The molecule has 0 amide bonds. The highest BCUT2D eigenvalue weighted by atomic mass is 35.5. The SMILES string of the molecule is COC(=O)C1CN(c2cc(C)cc(-n3cc(Cl)c4cc(C(F)(F)F)ccc43)c2)C1. The molecule has 1 saturated heterocycles. The van der Waals surface area contributed by atoms with Gasteiger partial charge in [-0.2, -0.15) is 13.2 Å². The van der Waals surface area contributed by atoms with E-state index < -0.39 is 11.7 Å². The van der Waals surface area contributed by atoms with Crippen LogP contribution in [0.4, 0.5) is 18.9 Å². The van der Waals surface area contributed by atoms with Crippen LogP contribution in [0, 0.1) is 12.8 Å². The van der Waals surface area contributed by atoms with Gasteiger partial charge in [0.05, 0.1) is 29.1 Å². The molecule has 8 heteroatoms. The van der Waals surface area contributed by atoms with Crippen LogP contribution in [0.5, 0.6) is 0 Å². The molecule has 0 radical (unpaired) electrons. The average molecular weight is 423 g/mol. The van der Waals surface area contributed by atoms with Gasteiger partial charge in [-0.1, -0.05) is 11.6 Å². The summed E-state index contributed by atoms with van der Waals surface area (Å²) in [7, 11) is 1.38. The lowest BCUT2D eigenvalue weighted by atomic mass is 9.99. The number of hydrogen-bond donors (Lipinski definition) is 0. The van der Waals surface area contributed by atoms with Crippen molar-refractivity contribution in [3.63, 3.8) is 0 Å². The Labute approximate surface area is 170 Å². The largest absolute Gasteiger partial charge is 0.469 e. The number of rotatable bonds is 3. The maximum absolute atomic E-state index is 13.0. The first-order chi connectivity index (χ1) is 13.7. The van der Waals surface area contributed by atoms with E-state index in [2.05, 4.69) is 4.90 Å². The smallest absolute Gasteiger partial charge is 0.416 e. The zero-order valence-electron chi connectivity index (χ0n) is 15.8. The van der Waals surface area contributed by atoms with Crippen LogP contribution in [0.25, 0.3) is 16.6 Å². The van der Waals surface area contributed by atoms with Gasteiger partial charge in [-0.15, -0.1) is 0 Å². The maximum atomic E-state index is 13.0. The number of aromatic nitrogens is 1. The number of carbonyl (C=O) groups excluding carboxylic acids is 1. The van der Waals surface area contributed by atoms with Gasteiger partial charge in [-0.3, -0.25) is 4.79 Å². The Morgan fingerprint density at radius 3 is 2.48 bits per heavy atom. The second kappa shape index (κ2) is 6.99. The number of fused-ring (bicyclic) bond motifs is 1. The van der Waals surface area contributed by atoms with Crippen LogP contribution in [0.15, 0.2) is 42.6 Å². The van der Waals surface area contributed by atoms with Crippen LogP contribution in [-0.2, 0) is 15.7 Å². The fourth-order valence-electron chi connectivity index (χ4n) is 3.65. The van der Waals surface area contributed by atoms with Crippen LogP contribution in [-0.4, -0.2) is 30.7 Å². The number of carbonyl (C=O) groups is 1. The van der Waals surface area contributed by atoms with Crippen LogP contribution in [0.3, 0.4) is 0 Å². The number of halogens is 4. The van der Waals surface area contributed by atoms with Crippen LogP contribution >= 0.6 is 11.6 Å². The van der Waals surface area contributed by atoms with Crippen molar-refractivity contribution in [2.45, 2.75) is 13.1 Å². The first-order valence-electron chi connectivity index (χ1n) is 9.00. The number of hydrogen-bond acceptors (Lipinski definition) is 3. The van der Waals surface area contributed by atoms with E-state index in [0.717, 1.165) is 29.1 Å². The molecular formula is C21H18ClF3N2O2. The third-order valence-electron chi connectivity index (χ3n) is 5.19. The Bertz CT molecular complexity index is 1100. The molecule has 1 aliphatic rings. The van der Waals surface area contributed by atoms with E-state index in [1.807, 2.05) is 25.1 Å². The lowest BCUT2D eigenvalue weighted by molar-refractivity contribution is -0.146. The Hall–Kier alpha value is -2.67. The van der Waals surface area contributed by atoms with Crippen LogP contribution < -0.4 is 4.90 Å². The number of ether oxygens (including phenoxy) is 1. The number of nitrogens with zero attached hydrogens (tertiary/aromatic N) is 2.